The van der Waals surface area contributed by atoms with Crippen LogP contribution in [0.5, 0.6) is 0 Å². The highest BCUT2D eigenvalue weighted by atomic mass is 14.9. The highest BCUT2D eigenvalue weighted by Crippen LogP contribution is 2.21. The van der Waals surface area contributed by atoms with Crippen molar-refractivity contribution in [1.29, 1.82) is 0 Å². The highest BCUT2D eigenvalue weighted by Gasteiger charge is 2.19. The smallest absolute Gasteiger partial charge is 0.00437 e. The highest BCUT2D eigenvalue weighted by molar-refractivity contribution is 5.20. The fourth-order valence-corrected chi connectivity index (χ4v) is 1.80. The number of aromatic amines is 1. The Bertz CT molecular complexity index is 275. The number of nitrogens with one attached hydrogen (secondary N) is 2. The predicted octanol–water partition coefficient (Wildman–Crippen LogP) is 2.01. The summed E-state index contributed by atoms with van der Waals surface area (Å²) in [4.78, 5) is 3.11. The molecule has 1 aromatic heterocycles. The number of hydrogen-bond acceptors (Lipinski definition) is 2. The molecule has 0 aliphatic heterocycles. The maximum absolute atomic E-state index is 5.71. The van der Waals surface area contributed by atoms with Crippen molar-refractivity contribution in [2.24, 2.45) is 5.73 Å². The summed E-state index contributed by atoms with van der Waals surface area (Å²) in [5.74, 6) is 0. The van der Waals surface area contributed by atoms with Gasteiger partial charge in [0.05, 0.1) is 0 Å². The third kappa shape index (κ3) is 4.37. The van der Waals surface area contributed by atoms with Crippen LogP contribution in [-0.2, 0) is 5.41 Å². The Labute approximate surface area is 98.8 Å². The van der Waals surface area contributed by atoms with E-state index in [9.17, 15) is 0 Å². The predicted molar refractivity (Wildman–Crippen MR) is 69.6 cm³/mol. The molecule has 1 heterocycles. The lowest BCUT2D eigenvalue weighted by atomic mass is 9.86. The minimum atomic E-state index is 0.189. The van der Waals surface area contributed by atoms with Crippen LogP contribution in [-0.4, -0.2) is 24.1 Å². The van der Waals surface area contributed by atoms with Crippen LogP contribution in [0.4, 0.5) is 0 Å². The topological polar surface area (TPSA) is 53.8 Å². The van der Waals surface area contributed by atoms with Crippen LogP contribution in [0.3, 0.4) is 0 Å². The van der Waals surface area contributed by atoms with Gasteiger partial charge in [-0.2, -0.15) is 0 Å². The lowest BCUT2D eigenvalue weighted by Crippen LogP contribution is -2.33. The lowest BCUT2D eigenvalue weighted by Gasteiger charge is -2.24. The van der Waals surface area contributed by atoms with E-state index in [-0.39, 0.29) is 5.41 Å². The monoisotopic (exact) mass is 223 g/mol. The van der Waals surface area contributed by atoms with E-state index in [0.29, 0.717) is 6.04 Å². The van der Waals surface area contributed by atoms with Crippen LogP contribution < -0.4 is 11.1 Å². The summed E-state index contributed by atoms with van der Waals surface area (Å²) in [5.41, 5.74) is 7.25. The van der Waals surface area contributed by atoms with E-state index in [1.54, 1.807) is 0 Å². The van der Waals surface area contributed by atoms with Crippen molar-refractivity contribution in [2.75, 3.05) is 13.1 Å². The number of hydrogen-bond donors (Lipinski definition) is 3. The average Bonchev–Trinajstić information content (AvgIpc) is 2.69. The summed E-state index contributed by atoms with van der Waals surface area (Å²) in [6.45, 7) is 8.63. The first-order valence-corrected chi connectivity index (χ1v) is 6.12. The van der Waals surface area contributed by atoms with Gasteiger partial charge in [0.15, 0.2) is 0 Å². The van der Waals surface area contributed by atoms with Crippen LogP contribution in [0.15, 0.2) is 18.5 Å². The molecule has 92 valence electrons. The number of rotatable bonds is 7. The van der Waals surface area contributed by atoms with Gasteiger partial charge < -0.3 is 16.0 Å². The molecule has 1 aromatic rings. The molecule has 0 radical (unpaired) electrons. The second kappa shape index (κ2) is 6.06. The number of aromatic nitrogens is 1. The van der Waals surface area contributed by atoms with Crippen LogP contribution in [0.25, 0.3) is 0 Å². The normalized spacial score (nSPS) is 14.0. The maximum Gasteiger partial charge on any atom is 0.00437 e. The molecule has 0 saturated carbocycles. The van der Waals surface area contributed by atoms with E-state index < -0.39 is 0 Å². The third-order valence-corrected chi connectivity index (χ3v) is 2.96. The zero-order chi connectivity index (χ0) is 12.0. The first-order chi connectivity index (χ1) is 7.52. The quantitative estimate of drug-likeness (QED) is 0.619. The summed E-state index contributed by atoms with van der Waals surface area (Å²) < 4.78 is 0. The van der Waals surface area contributed by atoms with Crippen LogP contribution in [0.2, 0.25) is 0 Å². The molecule has 0 bridgehead atoms. The van der Waals surface area contributed by atoms with Crippen molar-refractivity contribution in [3.05, 3.63) is 24.0 Å². The van der Waals surface area contributed by atoms with Crippen molar-refractivity contribution < 1.29 is 0 Å². The van der Waals surface area contributed by atoms with Gasteiger partial charge in [-0.25, -0.2) is 0 Å². The van der Waals surface area contributed by atoms with E-state index in [0.717, 1.165) is 25.9 Å². The first kappa shape index (κ1) is 13.3. The Morgan fingerprint density at radius 3 is 2.81 bits per heavy atom. The van der Waals surface area contributed by atoms with Crippen molar-refractivity contribution in [3.8, 4) is 0 Å². The van der Waals surface area contributed by atoms with E-state index >= 15 is 0 Å². The molecule has 0 spiro atoms. The van der Waals surface area contributed by atoms with Crippen LogP contribution >= 0.6 is 0 Å². The second-order valence-electron chi connectivity index (χ2n) is 5.28. The summed E-state index contributed by atoms with van der Waals surface area (Å²) in [5, 5.41) is 3.50. The third-order valence-electron chi connectivity index (χ3n) is 2.96. The van der Waals surface area contributed by atoms with Crippen molar-refractivity contribution >= 4 is 0 Å². The van der Waals surface area contributed by atoms with Gasteiger partial charge in [0.2, 0.25) is 0 Å². The second-order valence-corrected chi connectivity index (χ2v) is 5.28. The lowest BCUT2D eigenvalue weighted by molar-refractivity contribution is 0.459. The molecule has 4 N–H and O–H groups in total. The maximum atomic E-state index is 5.71. The van der Waals surface area contributed by atoms with Gasteiger partial charge in [0, 0.05) is 30.4 Å². The summed E-state index contributed by atoms with van der Waals surface area (Å²) >= 11 is 0. The summed E-state index contributed by atoms with van der Waals surface area (Å²) in [6.07, 6.45) is 6.30. The zero-order valence-electron chi connectivity index (χ0n) is 10.7. The fraction of sp³-hybridized carbons (Fsp3) is 0.692. The minimum absolute atomic E-state index is 0.189. The van der Waals surface area contributed by atoms with Gasteiger partial charge in [-0.3, -0.25) is 0 Å². The van der Waals surface area contributed by atoms with Gasteiger partial charge >= 0.3 is 0 Å². The Hall–Kier alpha value is -0.800. The largest absolute Gasteiger partial charge is 0.367 e. The van der Waals surface area contributed by atoms with Gasteiger partial charge in [-0.05, 0) is 37.9 Å². The minimum Gasteiger partial charge on any atom is -0.367 e. The molecular formula is C13H25N3. The zero-order valence-corrected chi connectivity index (χ0v) is 10.7. The van der Waals surface area contributed by atoms with Gasteiger partial charge in [-0.1, -0.05) is 13.8 Å². The van der Waals surface area contributed by atoms with E-state index in [4.69, 9.17) is 5.73 Å². The molecule has 0 fully saturated rings. The van der Waals surface area contributed by atoms with E-state index in [2.05, 4.69) is 43.3 Å². The Balaban J connectivity index is 2.22. The average molecular weight is 223 g/mol. The summed E-state index contributed by atoms with van der Waals surface area (Å²) in [7, 11) is 0. The van der Waals surface area contributed by atoms with E-state index in [1.807, 2.05) is 6.20 Å². The number of H-pyrrole nitrogens is 1. The Morgan fingerprint density at radius 2 is 2.25 bits per heavy atom. The van der Waals surface area contributed by atoms with Gasteiger partial charge in [-0.15, -0.1) is 0 Å². The molecule has 0 aromatic carbocycles. The SMILES string of the molecule is CC(N)CCCNCC(C)(C)c1cc[nH]c1. The molecular weight excluding hydrogens is 198 g/mol. The van der Waals surface area contributed by atoms with Crippen molar-refractivity contribution in [1.82, 2.24) is 10.3 Å². The molecule has 3 nitrogen and oxygen atoms in total. The molecule has 3 heteroatoms. The van der Waals surface area contributed by atoms with Crippen molar-refractivity contribution in [3.63, 3.8) is 0 Å². The number of nitrogens with two attached hydrogens (primary N) is 1. The Kier molecular flexibility index (Phi) is 5.03. The molecule has 0 aliphatic carbocycles. The van der Waals surface area contributed by atoms with Crippen LogP contribution in [0.1, 0.15) is 39.2 Å². The molecule has 0 saturated heterocycles. The van der Waals surface area contributed by atoms with Crippen LogP contribution in [0, 0.1) is 0 Å². The first-order valence-electron chi connectivity index (χ1n) is 6.12. The Morgan fingerprint density at radius 1 is 1.50 bits per heavy atom. The molecule has 1 rings (SSSR count). The van der Waals surface area contributed by atoms with Crippen molar-refractivity contribution in [2.45, 2.75) is 45.1 Å². The van der Waals surface area contributed by atoms with Gasteiger partial charge in [0.1, 0.15) is 0 Å². The van der Waals surface area contributed by atoms with Gasteiger partial charge in [0.25, 0.3) is 0 Å². The summed E-state index contributed by atoms with van der Waals surface area (Å²) in [6, 6.07) is 2.46. The molecule has 0 aliphatic rings. The standard InChI is InChI=1S/C13H25N3/c1-11(14)5-4-7-16-10-13(2,3)12-6-8-15-9-12/h6,8-9,11,15-16H,4-5,7,10,14H2,1-3H3. The molecule has 1 unspecified atom stereocenters. The fourth-order valence-electron chi connectivity index (χ4n) is 1.80. The molecule has 16 heavy (non-hydrogen) atoms. The van der Waals surface area contributed by atoms with E-state index in [1.165, 1.54) is 5.56 Å². The molecule has 0 amide bonds. The molecule has 1 atom stereocenters.